The van der Waals surface area contributed by atoms with Crippen LogP contribution in [0, 0.1) is 0 Å². The van der Waals surface area contributed by atoms with Crippen LogP contribution < -0.4 is 5.73 Å². The van der Waals surface area contributed by atoms with E-state index in [0.717, 1.165) is 6.42 Å². The molecular weight excluding hydrogens is 211 g/mol. The van der Waals surface area contributed by atoms with Crippen molar-refractivity contribution in [3.63, 3.8) is 0 Å². The van der Waals surface area contributed by atoms with Crippen molar-refractivity contribution in [3.8, 4) is 0 Å². The van der Waals surface area contributed by atoms with Crippen LogP contribution in [0.4, 0.5) is 13.2 Å². The first kappa shape index (κ1) is 10.4. The zero-order chi connectivity index (χ0) is 11.1. The third-order valence-corrected chi connectivity index (χ3v) is 2.52. The highest BCUT2D eigenvalue weighted by Crippen LogP contribution is 2.34. The van der Waals surface area contributed by atoms with Crippen molar-refractivity contribution in [2.75, 3.05) is 0 Å². The van der Waals surface area contributed by atoms with E-state index in [1.807, 2.05) is 0 Å². The molecule has 0 radical (unpaired) electrons. The summed E-state index contributed by atoms with van der Waals surface area (Å²) in [6.45, 7) is 0. The van der Waals surface area contributed by atoms with Gasteiger partial charge in [-0.15, -0.1) is 0 Å². The van der Waals surface area contributed by atoms with Gasteiger partial charge in [0.1, 0.15) is 0 Å². The number of nitrogens with two attached hydrogens (primary N) is 1. The van der Waals surface area contributed by atoms with Crippen LogP contribution in [0.15, 0.2) is 4.52 Å². The number of alkyl halides is 3. The van der Waals surface area contributed by atoms with Crippen molar-refractivity contribution in [2.45, 2.75) is 37.4 Å². The number of nitrogens with zero attached hydrogens (tertiary/aromatic N) is 2. The molecule has 84 valence electrons. The first-order chi connectivity index (χ1) is 6.97. The summed E-state index contributed by atoms with van der Waals surface area (Å²) >= 11 is 0. The lowest BCUT2D eigenvalue weighted by Crippen LogP contribution is -2.14. The Bertz CT molecular complexity index is 349. The molecule has 1 aliphatic carbocycles. The van der Waals surface area contributed by atoms with E-state index in [2.05, 4.69) is 14.7 Å². The monoisotopic (exact) mass is 221 g/mol. The van der Waals surface area contributed by atoms with Gasteiger partial charge in [0, 0.05) is 12.0 Å². The molecule has 15 heavy (non-hydrogen) atoms. The van der Waals surface area contributed by atoms with Crippen molar-refractivity contribution in [2.24, 2.45) is 5.73 Å². The highest BCUT2D eigenvalue weighted by molar-refractivity contribution is 5.00. The minimum atomic E-state index is -4.54. The van der Waals surface area contributed by atoms with Crippen LogP contribution in [-0.4, -0.2) is 16.2 Å². The predicted octanol–water partition coefficient (Wildman–Crippen LogP) is 1.68. The van der Waals surface area contributed by atoms with E-state index < -0.39 is 12.0 Å². The molecule has 1 fully saturated rings. The second-order valence-corrected chi connectivity index (χ2v) is 3.72. The molecule has 1 aromatic rings. The fourth-order valence-corrected chi connectivity index (χ4v) is 1.76. The number of hydrogen-bond acceptors (Lipinski definition) is 4. The Morgan fingerprint density at radius 2 is 2.07 bits per heavy atom. The summed E-state index contributed by atoms with van der Waals surface area (Å²) in [4.78, 5) is 3.34. The third-order valence-electron chi connectivity index (χ3n) is 2.52. The molecule has 4 nitrogen and oxygen atoms in total. The van der Waals surface area contributed by atoms with E-state index in [1.165, 1.54) is 0 Å². The van der Waals surface area contributed by atoms with Gasteiger partial charge in [0.2, 0.25) is 5.89 Å². The third kappa shape index (κ3) is 2.11. The molecule has 0 aliphatic heterocycles. The number of rotatable bonds is 1. The quantitative estimate of drug-likeness (QED) is 0.783. The number of hydrogen-bond donors (Lipinski definition) is 1. The molecule has 7 heteroatoms. The van der Waals surface area contributed by atoms with Crippen molar-refractivity contribution >= 4 is 0 Å². The van der Waals surface area contributed by atoms with Crippen LogP contribution >= 0.6 is 0 Å². The van der Waals surface area contributed by atoms with Gasteiger partial charge in [0.15, 0.2) is 0 Å². The average Bonchev–Trinajstić information content (AvgIpc) is 2.69. The van der Waals surface area contributed by atoms with Crippen LogP contribution in [0.1, 0.15) is 36.9 Å². The fourth-order valence-electron chi connectivity index (χ4n) is 1.76. The Kier molecular flexibility index (Phi) is 2.41. The smallest absolute Gasteiger partial charge is 0.339 e. The zero-order valence-electron chi connectivity index (χ0n) is 7.79. The van der Waals surface area contributed by atoms with E-state index in [-0.39, 0.29) is 17.9 Å². The van der Waals surface area contributed by atoms with E-state index >= 15 is 0 Å². The van der Waals surface area contributed by atoms with E-state index in [1.54, 1.807) is 0 Å². The van der Waals surface area contributed by atoms with Gasteiger partial charge in [-0.05, 0) is 19.3 Å². The molecule has 1 aromatic heterocycles. The second kappa shape index (κ2) is 3.48. The average molecular weight is 221 g/mol. The van der Waals surface area contributed by atoms with E-state index in [9.17, 15) is 13.2 Å². The molecule has 0 bridgehead atoms. The maximum Gasteiger partial charge on any atom is 0.455 e. The molecule has 0 unspecified atom stereocenters. The molecule has 1 heterocycles. The van der Waals surface area contributed by atoms with E-state index in [0.29, 0.717) is 12.8 Å². The highest BCUT2D eigenvalue weighted by Gasteiger charge is 2.38. The molecule has 0 spiro atoms. The maximum absolute atomic E-state index is 12.2. The Morgan fingerprint density at radius 1 is 1.33 bits per heavy atom. The minimum Gasteiger partial charge on any atom is -0.339 e. The number of halogens is 3. The van der Waals surface area contributed by atoms with Gasteiger partial charge in [0.25, 0.3) is 5.82 Å². The summed E-state index contributed by atoms with van der Waals surface area (Å²) < 4.78 is 41.1. The fraction of sp³-hybridized carbons (Fsp3) is 0.750. The van der Waals surface area contributed by atoms with Gasteiger partial charge in [-0.1, -0.05) is 5.16 Å². The molecule has 2 N–H and O–H groups in total. The first-order valence-corrected chi connectivity index (χ1v) is 4.63. The van der Waals surface area contributed by atoms with Crippen LogP contribution in [0.3, 0.4) is 0 Å². The summed E-state index contributed by atoms with van der Waals surface area (Å²) in [6, 6.07) is 0.0243. The van der Waals surface area contributed by atoms with Crippen LogP contribution in [0.2, 0.25) is 0 Å². The van der Waals surface area contributed by atoms with Crippen molar-refractivity contribution in [3.05, 3.63) is 11.7 Å². The molecule has 1 aliphatic rings. The van der Waals surface area contributed by atoms with Crippen molar-refractivity contribution < 1.29 is 17.7 Å². The van der Waals surface area contributed by atoms with Crippen molar-refractivity contribution in [1.29, 1.82) is 0 Å². The summed E-state index contributed by atoms with van der Waals surface area (Å²) in [6.07, 6.45) is -2.43. The minimum absolute atomic E-state index is 0.0243. The number of aromatic nitrogens is 2. The Morgan fingerprint density at radius 3 is 2.53 bits per heavy atom. The van der Waals surface area contributed by atoms with Gasteiger partial charge >= 0.3 is 6.18 Å². The van der Waals surface area contributed by atoms with Crippen molar-refractivity contribution in [1.82, 2.24) is 10.1 Å². The molecule has 0 saturated heterocycles. The Balaban J connectivity index is 2.14. The standard InChI is InChI=1S/C8H10F3N3O/c9-8(10,11)7-13-6(15-14-7)4-1-2-5(12)3-4/h4-5H,1-3,12H2/t4-,5+/m1/s1. The van der Waals surface area contributed by atoms with Crippen LogP contribution in [0.5, 0.6) is 0 Å². The molecule has 1 saturated carbocycles. The van der Waals surface area contributed by atoms with Gasteiger partial charge in [-0.25, -0.2) is 0 Å². The summed E-state index contributed by atoms with van der Waals surface area (Å²) in [5.74, 6) is -1.28. The molecule has 0 aromatic carbocycles. The lowest BCUT2D eigenvalue weighted by molar-refractivity contribution is -0.146. The largest absolute Gasteiger partial charge is 0.455 e. The van der Waals surface area contributed by atoms with Gasteiger partial charge in [-0.3, -0.25) is 0 Å². The topological polar surface area (TPSA) is 64.9 Å². The summed E-state index contributed by atoms with van der Waals surface area (Å²) in [5.41, 5.74) is 5.64. The van der Waals surface area contributed by atoms with Crippen LogP contribution in [-0.2, 0) is 6.18 Å². The lowest BCUT2D eigenvalue weighted by Gasteiger charge is -2.01. The lowest BCUT2D eigenvalue weighted by atomic mass is 10.1. The molecule has 2 atom stereocenters. The molecule has 2 rings (SSSR count). The van der Waals surface area contributed by atoms with Gasteiger partial charge in [0.05, 0.1) is 0 Å². The van der Waals surface area contributed by atoms with Crippen LogP contribution in [0.25, 0.3) is 0 Å². The highest BCUT2D eigenvalue weighted by atomic mass is 19.4. The summed E-state index contributed by atoms with van der Waals surface area (Å²) in [7, 11) is 0. The zero-order valence-corrected chi connectivity index (χ0v) is 7.79. The Labute approximate surface area is 83.6 Å². The summed E-state index contributed by atoms with van der Waals surface area (Å²) in [5, 5.41) is 2.91. The van der Waals surface area contributed by atoms with Gasteiger partial charge < -0.3 is 10.3 Å². The maximum atomic E-state index is 12.2. The second-order valence-electron chi connectivity index (χ2n) is 3.72. The predicted molar refractivity (Wildman–Crippen MR) is 43.9 cm³/mol. The van der Waals surface area contributed by atoms with E-state index in [4.69, 9.17) is 5.73 Å². The Hall–Kier alpha value is -1.11. The first-order valence-electron chi connectivity index (χ1n) is 4.63. The normalized spacial score (nSPS) is 27.2. The molecule has 0 amide bonds. The van der Waals surface area contributed by atoms with Gasteiger partial charge in [-0.2, -0.15) is 18.2 Å². The SMILES string of the molecule is N[C@H]1CC[C@@H](c2nc(C(F)(F)F)no2)C1. The molecular formula is C8H10F3N3O.